The Morgan fingerprint density at radius 1 is 1.09 bits per heavy atom. The van der Waals surface area contributed by atoms with Crippen LogP contribution in [0.5, 0.6) is 0 Å². The molecule has 0 aliphatic heterocycles. The number of nitrogens with one attached hydrogen (secondary N) is 1. The van der Waals surface area contributed by atoms with Crippen LogP contribution in [0.25, 0.3) is 11.1 Å². The number of carbonyl (C=O) groups is 2. The lowest BCUT2D eigenvalue weighted by atomic mass is 9.75. The fraction of sp³-hybridized carbons (Fsp3) is 0.417. The summed E-state index contributed by atoms with van der Waals surface area (Å²) in [7, 11) is 0. The van der Waals surface area contributed by atoms with Gasteiger partial charge in [0.05, 0.1) is 0 Å². The van der Waals surface area contributed by atoms with Crippen LogP contribution in [0.3, 0.4) is 0 Å². The lowest BCUT2D eigenvalue weighted by Gasteiger charge is -2.34. The molecular formula is C24H28ClF3N2O3. The van der Waals surface area contributed by atoms with E-state index in [4.69, 9.17) is 27.2 Å². The van der Waals surface area contributed by atoms with Gasteiger partial charge in [-0.1, -0.05) is 49.7 Å². The molecule has 3 rings (SSSR count). The molecule has 2 aromatic rings. The predicted molar refractivity (Wildman–Crippen MR) is 122 cm³/mol. The minimum absolute atomic E-state index is 0.429. The van der Waals surface area contributed by atoms with Crippen molar-refractivity contribution >= 4 is 23.5 Å². The fourth-order valence-corrected chi connectivity index (χ4v) is 3.81. The molecule has 0 atom stereocenters. The quantitative estimate of drug-likeness (QED) is 0.500. The van der Waals surface area contributed by atoms with Crippen LogP contribution in [0.15, 0.2) is 42.5 Å². The number of aliphatic carboxylic acids is 1. The number of amides is 1. The predicted octanol–water partition coefficient (Wildman–Crippen LogP) is 5.80. The van der Waals surface area contributed by atoms with E-state index in [2.05, 4.69) is 43.4 Å². The molecule has 1 amide bonds. The summed E-state index contributed by atoms with van der Waals surface area (Å²) < 4.78 is 31.7. The molecule has 0 radical (unpaired) electrons. The molecular weight excluding hydrogens is 457 g/mol. The molecule has 4 N–H and O–H groups in total. The van der Waals surface area contributed by atoms with Gasteiger partial charge in [-0.2, -0.15) is 13.2 Å². The first-order valence-corrected chi connectivity index (χ1v) is 10.9. The zero-order valence-electron chi connectivity index (χ0n) is 18.5. The highest BCUT2D eigenvalue weighted by atomic mass is 35.5. The van der Waals surface area contributed by atoms with Gasteiger partial charge in [-0.15, -0.1) is 0 Å². The van der Waals surface area contributed by atoms with E-state index < -0.39 is 18.1 Å². The van der Waals surface area contributed by atoms with Crippen molar-refractivity contribution in [3.8, 4) is 11.1 Å². The van der Waals surface area contributed by atoms with Crippen molar-refractivity contribution in [2.24, 2.45) is 11.1 Å². The van der Waals surface area contributed by atoms with Gasteiger partial charge in [0.2, 0.25) is 5.91 Å². The van der Waals surface area contributed by atoms with Gasteiger partial charge in [-0.3, -0.25) is 4.79 Å². The third-order valence-corrected chi connectivity index (χ3v) is 5.86. The number of benzene rings is 2. The minimum atomic E-state index is -5.08. The molecule has 2 aromatic carbocycles. The van der Waals surface area contributed by atoms with Gasteiger partial charge in [-0.25, -0.2) is 4.79 Å². The summed E-state index contributed by atoms with van der Waals surface area (Å²) in [5.74, 6) is -3.22. The lowest BCUT2D eigenvalue weighted by molar-refractivity contribution is -0.192. The van der Waals surface area contributed by atoms with Crippen LogP contribution in [0.2, 0.25) is 5.02 Å². The number of halogens is 4. The molecule has 0 spiro atoms. The molecule has 0 heterocycles. The van der Waals surface area contributed by atoms with Crippen LogP contribution < -0.4 is 11.1 Å². The van der Waals surface area contributed by atoms with Crippen molar-refractivity contribution in [1.29, 1.82) is 0 Å². The first-order valence-electron chi connectivity index (χ1n) is 10.5. The first kappa shape index (κ1) is 26.7. The number of alkyl halides is 3. The second-order valence-corrected chi connectivity index (χ2v) is 9.35. The van der Waals surface area contributed by atoms with Crippen LogP contribution in [-0.4, -0.2) is 29.2 Å². The van der Waals surface area contributed by atoms with Gasteiger partial charge in [0.1, 0.15) is 0 Å². The van der Waals surface area contributed by atoms with Crippen molar-refractivity contribution in [2.45, 2.75) is 58.3 Å². The van der Waals surface area contributed by atoms with Crippen LogP contribution in [0, 0.1) is 5.41 Å². The summed E-state index contributed by atoms with van der Waals surface area (Å²) in [6, 6.07) is 14.2. The highest BCUT2D eigenvalue weighted by molar-refractivity contribution is 6.31. The summed E-state index contributed by atoms with van der Waals surface area (Å²) in [4.78, 5) is 20.3. The van der Waals surface area contributed by atoms with Crippen LogP contribution in [0.4, 0.5) is 13.2 Å². The summed E-state index contributed by atoms with van der Waals surface area (Å²) in [5, 5.41) is 11.3. The van der Waals surface area contributed by atoms with E-state index in [1.165, 1.54) is 31.2 Å². The molecule has 1 aliphatic rings. The number of primary amides is 1. The van der Waals surface area contributed by atoms with E-state index in [1.54, 1.807) is 12.1 Å². The number of carboxylic acids is 1. The van der Waals surface area contributed by atoms with E-state index in [1.807, 2.05) is 6.07 Å². The highest BCUT2D eigenvalue weighted by Gasteiger charge is 2.38. The summed E-state index contributed by atoms with van der Waals surface area (Å²) in [5.41, 5.74) is 9.49. The van der Waals surface area contributed by atoms with Crippen molar-refractivity contribution in [3.63, 3.8) is 0 Å². The first-order chi connectivity index (χ1) is 15.3. The van der Waals surface area contributed by atoms with Gasteiger partial charge in [0.15, 0.2) is 0 Å². The SMILES string of the molecule is CC1(C)CCC(NCc2ccc(-c3cc(Cl)cc(C(N)=O)c3)cc2)CC1.O=C(O)C(F)(F)F. The van der Waals surface area contributed by atoms with Gasteiger partial charge in [0.25, 0.3) is 0 Å². The average Bonchev–Trinajstić information content (AvgIpc) is 2.72. The second kappa shape index (κ2) is 11.0. The summed E-state index contributed by atoms with van der Waals surface area (Å²) in [6.07, 6.45) is 0.00805. The van der Waals surface area contributed by atoms with E-state index in [0.717, 1.165) is 17.7 Å². The van der Waals surface area contributed by atoms with E-state index >= 15 is 0 Å². The molecule has 5 nitrogen and oxygen atoms in total. The van der Waals surface area contributed by atoms with E-state index in [-0.39, 0.29) is 0 Å². The standard InChI is InChI=1S/C22H27ClN2O.C2HF3O2/c1-22(2)9-7-20(8-10-22)25-14-15-3-5-16(6-4-15)17-11-18(21(24)26)13-19(23)12-17;3-2(4,5)1(6)7/h3-6,11-13,20,25H,7-10,14H2,1-2H3,(H2,24,26);(H,6,7). The van der Waals surface area contributed by atoms with Crippen molar-refractivity contribution in [2.75, 3.05) is 0 Å². The smallest absolute Gasteiger partial charge is 0.475 e. The molecule has 1 saturated carbocycles. The highest BCUT2D eigenvalue weighted by Crippen LogP contribution is 2.35. The van der Waals surface area contributed by atoms with Gasteiger partial charge in [-0.05, 0) is 66.0 Å². The van der Waals surface area contributed by atoms with Gasteiger partial charge >= 0.3 is 12.1 Å². The Morgan fingerprint density at radius 3 is 2.12 bits per heavy atom. The normalized spacial score (nSPS) is 15.9. The number of rotatable bonds is 5. The Labute approximate surface area is 196 Å². The number of carboxylic acid groups (broad SMARTS) is 1. The van der Waals surface area contributed by atoms with Crippen LogP contribution >= 0.6 is 11.6 Å². The summed E-state index contributed by atoms with van der Waals surface area (Å²) >= 11 is 6.11. The molecule has 1 fully saturated rings. The van der Waals surface area contributed by atoms with Crippen molar-refractivity contribution in [3.05, 3.63) is 58.6 Å². The fourth-order valence-electron chi connectivity index (χ4n) is 3.58. The Bertz CT molecular complexity index is 966. The van der Waals surface area contributed by atoms with Crippen LogP contribution in [0.1, 0.15) is 55.5 Å². The Balaban J connectivity index is 0.000000479. The number of nitrogens with two attached hydrogens (primary N) is 1. The third-order valence-electron chi connectivity index (χ3n) is 5.65. The molecule has 0 bridgehead atoms. The second-order valence-electron chi connectivity index (χ2n) is 8.91. The lowest BCUT2D eigenvalue weighted by Crippen LogP contribution is -2.35. The van der Waals surface area contributed by atoms with Crippen molar-refractivity contribution in [1.82, 2.24) is 5.32 Å². The largest absolute Gasteiger partial charge is 0.490 e. The number of carbonyl (C=O) groups excluding carboxylic acids is 1. The Hall–Kier alpha value is -2.58. The maximum absolute atomic E-state index is 11.4. The van der Waals surface area contributed by atoms with E-state index in [0.29, 0.717) is 22.0 Å². The topological polar surface area (TPSA) is 92.4 Å². The van der Waals surface area contributed by atoms with E-state index in [9.17, 15) is 18.0 Å². The average molecular weight is 485 g/mol. The Morgan fingerprint density at radius 2 is 1.64 bits per heavy atom. The molecule has 1 aliphatic carbocycles. The molecule has 0 saturated heterocycles. The molecule has 9 heteroatoms. The molecule has 180 valence electrons. The number of hydrogen-bond donors (Lipinski definition) is 3. The maximum atomic E-state index is 11.4. The Kier molecular flexibility index (Phi) is 8.91. The van der Waals surface area contributed by atoms with Gasteiger partial charge in [0, 0.05) is 23.2 Å². The van der Waals surface area contributed by atoms with Crippen LogP contribution in [-0.2, 0) is 11.3 Å². The monoisotopic (exact) mass is 484 g/mol. The number of hydrogen-bond acceptors (Lipinski definition) is 3. The molecule has 0 unspecified atom stereocenters. The maximum Gasteiger partial charge on any atom is 0.490 e. The zero-order valence-corrected chi connectivity index (χ0v) is 19.3. The van der Waals surface area contributed by atoms with Crippen molar-refractivity contribution < 1.29 is 27.9 Å². The minimum Gasteiger partial charge on any atom is -0.475 e. The summed E-state index contributed by atoms with van der Waals surface area (Å²) in [6.45, 7) is 5.61. The van der Waals surface area contributed by atoms with Gasteiger partial charge < -0.3 is 16.2 Å². The molecule has 0 aromatic heterocycles. The third kappa shape index (κ3) is 8.70. The zero-order chi connectivity index (χ0) is 24.8. The molecule has 33 heavy (non-hydrogen) atoms.